The second-order valence-corrected chi connectivity index (χ2v) is 4.56. The summed E-state index contributed by atoms with van der Waals surface area (Å²) in [4.78, 5) is 24.0. The van der Waals surface area contributed by atoms with E-state index in [1.807, 2.05) is 6.07 Å². The number of rotatable bonds is 5. The van der Waals surface area contributed by atoms with E-state index in [9.17, 15) is 9.59 Å². The van der Waals surface area contributed by atoms with Crippen molar-refractivity contribution in [2.75, 3.05) is 12.3 Å². The van der Waals surface area contributed by atoms with Crippen LogP contribution < -0.4 is 5.73 Å². The van der Waals surface area contributed by atoms with Gasteiger partial charge in [0.25, 0.3) is 0 Å². The Hall–Kier alpha value is -2.62. The van der Waals surface area contributed by atoms with Gasteiger partial charge >= 0.3 is 5.97 Å². The van der Waals surface area contributed by atoms with Gasteiger partial charge in [-0.05, 0) is 18.6 Å². The lowest BCUT2D eigenvalue weighted by Crippen LogP contribution is -2.12. The summed E-state index contributed by atoms with van der Waals surface area (Å²) in [6.07, 6.45) is 0.0651. The molecule has 0 radical (unpaired) electrons. The molecule has 108 valence electrons. The predicted octanol–water partition coefficient (Wildman–Crippen LogP) is 2.61. The van der Waals surface area contributed by atoms with Crippen molar-refractivity contribution in [2.45, 2.75) is 13.3 Å². The Bertz CT molecular complexity index is 650. The van der Waals surface area contributed by atoms with E-state index in [4.69, 9.17) is 10.5 Å². The lowest BCUT2D eigenvalue weighted by molar-refractivity contribution is -0.142. The van der Waals surface area contributed by atoms with Crippen molar-refractivity contribution in [1.29, 1.82) is 0 Å². The number of hydrogen-bond acceptors (Lipinski definition) is 4. The van der Waals surface area contributed by atoms with Crippen LogP contribution in [0.5, 0.6) is 0 Å². The van der Waals surface area contributed by atoms with Gasteiger partial charge in [-0.1, -0.05) is 42.5 Å². The van der Waals surface area contributed by atoms with E-state index in [1.54, 1.807) is 49.4 Å². The van der Waals surface area contributed by atoms with Gasteiger partial charge in [-0.15, -0.1) is 0 Å². The van der Waals surface area contributed by atoms with Crippen molar-refractivity contribution in [2.24, 2.45) is 0 Å². The highest BCUT2D eigenvalue weighted by molar-refractivity contribution is 6.12. The highest BCUT2D eigenvalue weighted by Crippen LogP contribution is 2.21. The van der Waals surface area contributed by atoms with Gasteiger partial charge in [0, 0.05) is 16.8 Å². The molecule has 2 aromatic rings. The Morgan fingerprint density at radius 3 is 2.43 bits per heavy atom. The van der Waals surface area contributed by atoms with Crippen molar-refractivity contribution in [3.63, 3.8) is 0 Å². The average Bonchev–Trinajstić information content (AvgIpc) is 2.50. The van der Waals surface area contributed by atoms with Crippen LogP contribution in [0, 0.1) is 0 Å². The number of para-hydroxylation sites is 1. The number of carbonyl (C=O) groups excluding carboxylic acids is 2. The molecule has 4 heteroatoms. The molecule has 2 N–H and O–H groups in total. The molecule has 0 amide bonds. The van der Waals surface area contributed by atoms with Crippen LogP contribution in [-0.4, -0.2) is 18.4 Å². The number of nitrogen functional groups attached to an aromatic ring is 1. The van der Waals surface area contributed by atoms with Gasteiger partial charge in [-0.25, -0.2) is 0 Å². The van der Waals surface area contributed by atoms with E-state index < -0.39 is 0 Å². The third kappa shape index (κ3) is 3.48. The largest absolute Gasteiger partial charge is 0.466 e. The average molecular weight is 283 g/mol. The summed E-state index contributed by atoms with van der Waals surface area (Å²) in [5.41, 5.74) is 7.95. The lowest BCUT2D eigenvalue weighted by atomic mass is 9.98. The SMILES string of the molecule is CCOC(=O)Cc1cccc(C(=O)c2ccccc2)c1N. The van der Waals surface area contributed by atoms with E-state index >= 15 is 0 Å². The Morgan fingerprint density at radius 1 is 1.05 bits per heavy atom. The molecule has 0 saturated carbocycles. The standard InChI is InChI=1S/C17H17NO3/c1-2-21-15(19)11-13-9-6-10-14(16(13)18)17(20)12-7-4-3-5-8-12/h3-10H,2,11,18H2,1H3. The lowest BCUT2D eigenvalue weighted by Gasteiger charge is -2.10. The minimum absolute atomic E-state index is 0.0651. The summed E-state index contributed by atoms with van der Waals surface area (Å²) in [5.74, 6) is -0.507. The number of nitrogens with two attached hydrogens (primary N) is 1. The van der Waals surface area contributed by atoms with Crippen LogP contribution >= 0.6 is 0 Å². The first-order chi connectivity index (χ1) is 10.1. The number of benzene rings is 2. The quantitative estimate of drug-likeness (QED) is 0.520. The van der Waals surface area contributed by atoms with Crippen molar-refractivity contribution in [3.8, 4) is 0 Å². The van der Waals surface area contributed by atoms with Crippen LogP contribution in [0.4, 0.5) is 5.69 Å². The molecule has 0 bridgehead atoms. The van der Waals surface area contributed by atoms with Gasteiger partial charge in [0.2, 0.25) is 0 Å². The third-order valence-electron chi connectivity index (χ3n) is 3.12. The number of ether oxygens (including phenoxy) is 1. The first-order valence-electron chi connectivity index (χ1n) is 6.76. The summed E-state index contributed by atoms with van der Waals surface area (Å²) in [6.45, 7) is 2.07. The van der Waals surface area contributed by atoms with Crippen LogP contribution in [0.1, 0.15) is 28.4 Å². The minimum Gasteiger partial charge on any atom is -0.466 e. The molecule has 0 fully saturated rings. The molecule has 0 heterocycles. The number of hydrogen-bond donors (Lipinski definition) is 1. The Balaban J connectivity index is 2.30. The maximum Gasteiger partial charge on any atom is 0.310 e. The molecule has 0 atom stereocenters. The highest BCUT2D eigenvalue weighted by atomic mass is 16.5. The summed E-state index contributed by atoms with van der Waals surface area (Å²) in [5, 5.41) is 0. The number of carbonyl (C=O) groups is 2. The second-order valence-electron chi connectivity index (χ2n) is 4.56. The van der Waals surface area contributed by atoms with Gasteiger partial charge in [0.05, 0.1) is 13.0 Å². The summed E-state index contributed by atoms with van der Waals surface area (Å²) < 4.78 is 4.91. The smallest absolute Gasteiger partial charge is 0.310 e. The highest BCUT2D eigenvalue weighted by Gasteiger charge is 2.16. The minimum atomic E-state index is -0.353. The molecule has 0 saturated heterocycles. The number of anilines is 1. The molecule has 0 aliphatic carbocycles. The maximum atomic E-state index is 12.4. The molecular weight excluding hydrogens is 266 g/mol. The molecule has 0 spiro atoms. The zero-order valence-electron chi connectivity index (χ0n) is 11.8. The fraction of sp³-hybridized carbons (Fsp3) is 0.176. The van der Waals surface area contributed by atoms with Crippen LogP contribution in [0.2, 0.25) is 0 Å². The van der Waals surface area contributed by atoms with E-state index in [0.29, 0.717) is 29.0 Å². The second kappa shape index (κ2) is 6.70. The maximum absolute atomic E-state index is 12.4. The number of ketones is 1. The van der Waals surface area contributed by atoms with E-state index in [-0.39, 0.29) is 18.2 Å². The van der Waals surface area contributed by atoms with Gasteiger partial charge in [-0.2, -0.15) is 0 Å². The normalized spacial score (nSPS) is 10.1. The van der Waals surface area contributed by atoms with Crippen LogP contribution in [-0.2, 0) is 16.0 Å². The summed E-state index contributed by atoms with van der Waals surface area (Å²) in [6, 6.07) is 14.0. The van der Waals surface area contributed by atoms with Crippen LogP contribution in [0.25, 0.3) is 0 Å². The molecule has 2 aromatic carbocycles. The summed E-state index contributed by atoms with van der Waals surface area (Å²) in [7, 11) is 0. The zero-order chi connectivity index (χ0) is 15.2. The Labute approximate surface area is 123 Å². The molecule has 21 heavy (non-hydrogen) atoms. The molecular formula is C17H17NO3. The van der Waals surface area contributed by atoms with Crippen molar-refractivity contribution in [3.05, 3.63) is 65.2 Å². The van der Waals surface area contributed by atoms with Crippen molar-refractivity contribution < 1.29 is 14.3 Å². The number of esters is 1. The summed E-state index contributed by atoms with van der Waals surface area (Å²) >= 11 is 0. The molecule has 0 aliphatic heterocycles. The zero-order valence-corrected chi connectivity index (χ0v) is 11.8. The van der Waals surface area contributed by atoms with Crippen molar-refractivity contribution in [1.82, 2.24) is 0 Å². The van der Waals surface area contributed by atoms with E-state index in [1.165, 1.54) is 0 Å². The Morgan fingerprint density at radius 2 is 1.76 bits per heavy atom. The fourth-order valence-electron chi connectivity index (χ4n) is 2.08. The molecule has 2 rings (SSSR count). The predicted molar refractivity (Wildman–Crippen MR) is 81.1 cm³/mol. The first kappa shape index (κ1) is 14.8. The molecule has 0 aromatic heterocycles. The fourth-order valence-corrected chi connectivity index (χ4v) is 2.08. The van der Waals surface area contributed by atoms with Crippen LogP contribution in [0.3, 0.4) is 0 Å². The van der Waals surface area contributed by atoms with Gasteiger partial charge in [0.15, 0.2) is 5.78 Å². The molecule has 4 nitrogen and oxygen atoms in total. The van der Waals surface area contributed by atoms with Gasteiger partial charge < -0.3 is 10.5 Å². The van der Waals surface area contributed by atoms with Gasteiger partial charge in [-0.3, -0.25) is 9.59 Å². The van der Waals surface area contributed by atoms with Gasteiger partial charge in [0.1, 0.15) is 0 Å². The van der Waals surface area contributed by atoms with E-state index in [0.717, 1.165) is 0 Å². The van der Waals surface area contributed by atoms with E-state index in [2.05, 4.69) is 0 Å². The Kier molecular flexibility index (Phi) is 4.72. The molecule has 0 unspecified atom stereocenters. The monoisotopic (exact) mass is 283 g/mol. The first-order valence-corrected chi connectivity index (χ1v) is 6.76. The van der Waals surface area contributed by atoms with Crippen LogP contribution in [0.15, 0.2) is 48.5 Å². The third-order valence-corrected chi connectivity index (χ3v) is 3.12. The molecule has 0 aliphatic rings. The topological polar surface area (TPSA) is 69.4 Å². The van der Waals surface area contributed by atoms with Crippen molar-refractivity contribution >= 4 is 17.4 Å².